The summed E-state index contributed by atoms with van der Waals surface area (Å²) in [6.45, 7) is 1.00. The van der Waals surface area contributed by atoms with Gasteiger partial charge < -0.3 is 15.0 Å². The van der Waals surface area contributed by atoms with Gasteiger partial charge >= 0.3 is 0 Å². The third-order valence-electron chi connectivity index (χ3n) is 3.50. The summed E-state index contributed by atoms with van der Waals surface area (Å²) in [6, 6.07) is 13.9. The van der Waals surface area contributed by atoms with Crippen molar-refractivity contribution in [3.05, 3.63) is 59.9 Å². The minimum absolute atomic E-state index is 0.102. The summed E-state index contributed by atoms with van der Waals surface area (Å²) in [6.07, 6.45) is 0.322. The van der Waals surface area contributed by atoms with Crippen LogP contribution in [0.25, 0.3) is 0 Å². The van der Waals surface area contributed by atoms with E-state index in [2.05, 4.69) is 5.32 Å². The van der Waals surface area contributed by atoms with Crippen LogP contribution in [0.1, 0.15) is 12.0 Å². The molecule has 0 heterocycles. The molecule has 1 amide bonds. The number of hydrogen-bond donors (Lipinski definition) is 1. The van der Waals surface area contributed by atoms with E-state index in [4.69, 9.17) is 4.74 Å². The monoisotopic (exact) mass is 316 g/mol. The smallest absolute Gasteiger partial charge is 0.225 e. The molecule has 122 valence electrons. The first-order valence-electron chi connectivity index (χ1n) is 7.45. The van der Waals surface area contributed by atoms with Crippen molar-refractivity contribution in [1.29, 1.82) is 0 Å². The van der Waals surface area contributed by atoms with Crippen molar-refractivity contribution in [2.24, 2.45) is 0 Å². The third kappa shape index (κ3) is 5.07. The van der Waals surface area contributed by atoms with Gasteiger partial charge in [0.2, 0.25) is 5.91 Å². The van der Waals surface area contributed by atoms with Crippen molar-refractivity contribution < 1.29 is 13.9 Å². The van der Waals surface area contributed by atoms with Crippen LogP contribution in [-0.4, -0.2) is 31.5 Å². The molecular formula is C18H21FN2O2. The standard InChI is InChI=1S/C18H21FN2O2/c1-21(13-14-7-3-4-8-15(14)19)12-11-18(22)20-16-9-5-6-10-17(16)23-2/h3-10H,11-13H2,1-2H3,(H,20,22). The van der Waals surface area contributed by atoms with Gasteiger partial charge in [-0.05, 0) is 25.2 Å². The molecule has 0 fully saturated rings. The SMILES string of the molecule is COc1ccccc1NC(=O)CCN(C)Cc1ccccc1F. The maximum atomic E-state index is 13.6. The molecule has 0 unspecified atom stereocenters. The van der Waals surface area contributed by atoms with E-state index in [1.807, 2.05) is 24.1 Å². The summed E-state index contributed by atoms with van der Waals surface area (Å²) in [4.78, 5) is 14.0. The minimum atomic E-state index is -0.224. The summed E-state index contributed by atoms with van der Waals surface area (Å²) in [5.74, 6) is 0.299. The van der Waals surface area contributed by atoms with Crippen LogP contribution in [0.2, 0.25) is 0 Å². The van der Waals surface area contributed by atoms with Gasteiger partial charge in [0.15, 0.2) is 0 Å². The lowest BCUT2D eigenvalue weighted by molar-refractivity contribution is -0.116. The van der Waals surface area contributed by atoms with Gasteiger partial charge in [0, 0.05) is 25.1 Å². The van der Waals surface area contributed by atoms with Gasteiger partial charge in [-0.3, -0.25) is 4.79 Å². The highest BCUT2D eigenvalue weighted by atomic mass is 19.1. The molecule has 0 aromatic heterocycles. The molecule has 0 saturated heterocycles. The summed E-state index contributed by atoms with van der Waals surface area (Å²) in [5, 5.41) is 2.83. The Morgan fingerprint density at radius 2 is 1.87 bits per heavy atom. The molecule has 0 aliphatic heterocycles. The molecule has 23 heavy (non-hydrogen) atoms. The predicted molar refractivity (Wildman–Crippen MR) is 89.0 cm³/mol. The van der Waals surface area contributed by atoms with Gasteiger partial charge in [-0.15, -0.1) is 0 Å². The number of amides is 1. The van der Waals surface area contributed by atoms with Crippen LogP contribution in [0.3, 0.4) is 0 Å². The van der Waals surface area contributed by atoms with Crippen molar-refractivity contribution in [3.8, 4) is 5.75 Å². The predicted octanol–water partition coefficient (Wildman–Crippen LogP) is 3.29. The van der Waals surface area contributed by atoms with Gasteiger partial charge in [0.1, 0.15) is 11.6 Å². The largest absolute Gasteiger partial charge is 0.495 e. The second kappa shape index (κ2) is 8.29. The van der Waals surface area contributed by atoms with E-state index < -0.39 is 0 Å². The number of hydrogen-bond acceptors (Lipinski definition) is 3. The van der Waals surface area contributed by atoms with Crippen LogP contribution < -0.4 is 10.1 Å². The second-order valence-electron chi connectivity index (χ2n) is 5.33. The average Bonchev–Trinajstić information content (AvgIpc) is 2.55. The number of carbonyl (C=O) groups is 1. The van der Waals surface area contributed by atoms with E-state index in [0.29, 0.717) is 36.5 Å². The Balaban J connectivity index is 1.83. The number of para-hydroxylation sites is 2. The summed E-state index contributed by atoms with van der Waals surface area (Å²) in [7, 11) is 3.43. The highest BCUT2D eigenvalue weighted by Crippen LogP contribution is 2.23. The van der Waals surface area contributed by atoms with Gasteiger partial charge in [-0.2, -0.15) is 0 Å². The summed E-state index contributed by atoms with van der Waals surface area (Å²) < 4.78 is 18.8. The first-order valence-corrected chi connectivity index (χ1v) is 7.45. The Kier molecular flexibility index (Phi) is 6.11. The van der Waals surface area contributed by atoms with Crippen molar-refractivity contribution in [2.75, 3.05) is 26.0 Å². The van der Waals surface area contributed by atoms with E-state index in [9.17, 15) is 9.18 Å². The lowest BCUT2D eigenvalue weighted by Gasteiger charge is -2.17. The Labute approximate surface area is 135 Å². The molecule has 1 N–H and O–H groups in total. The van der Waals surface area contributed by atoms with E-state index in [-0.39, 0.29) is 11.7 Å². The number of benzene rings is 2. The molecule has 2 aromatic carbocycles. The van der Waals surface area contributed by atoms with E-state index in [0.717, 1.165) is 0 Å². The van der Waals surface area contributed by atoms with E-state index in [1.165, 1.54) is 6.07 Å². The number of ether oxygens (including phenoxy) is 1. The van der Waals surface area contributed by atoms with Crippen molar-refractivity contribution in [3.63, 3.8) is 0 Å². The highest BCUT2D eigenvalue weighted by molar-refractivity contribution is 5.92. The number of nitrogens with zero attached hydrogens (tertiary/aromatic N) is 1. The number of rotatable bonds is 7. The second-order valence-corrected chi connectivity index (χ2v) is 5.33. The fourth-order valence-electron chi connectivity index (χ4n) is 2.25. The summed E-state index contributed by atoms with van der Waals surface area (Å²) in [5.41, 5.74) is 1.27. The zero-order valence-corrected chi connectivity index (χ0v) is 13.4. The van der Waals surface area contributed by atoms with Crippen LogP contribution in [-0.2, 0) is 11.3 Å². The van der Waals surface area contributed by atoms with Gasteiger partial charge in [-0.25, -0.2) is 4.39 Å². The zero-order valence-electron chi connectivity index (χ0n) is 13.4. The van der Waals surface area contributed by atoms with E-state index >= 15 is 0 Å². The first-order chi connectivity index (χ1) is 11.1. The number of halogens is 1. The van der Waals surface area contributed by atoms with Gasteiger partial charge in [-0.1, -0.05) is 30.3 Å². The quantitative estimate of drug-likeness (QED) is 0.852. The van der Waals surface area contributed by atoms with Gasteiger partial charge in [0.05, 0.1) is 12.8 Å². The average molecular weight is 316 g/mol. The molecule has 4 nitrogen and oxygen atoms in total. The molecule has 2 rings (SSSR count). The number of nitrogens with one attached hydrogen (secondary N) is 1. The molecule has 0 aliphatic carbocycles. The Bertz CT molecular complexity index is 661. The molecule has 2 aromatic rings. The van der Waals surface area contributed by atoms with Crippen molar-refractivity contribution >= 4 is 11.6 Å². The zero-order chi connectivity index (χ0) is 16.7. The number of anilines is 1. The Morgan fingerprint density at radius 3 is 2.61 bits per heavy atom. The van der Waals surface area contributed by atoms with Crippen LogP contribution in [0.15, 0.2) is 48.5 Å². The van der Waals surface area contributed by atoms with Crippen molar-refractivity contribution in [1.82, 2.24) is 4.90 Å². The van der Waals surface area contributed by atoms with Crippen LogP contribution >= 0.6 is 0 Å². The number of methoxy groups -OCH3 is 1. The normalized spacial score (nSPS) is 10.6. The molecular weight excluding hydrogens is 295 g/mol. The Hall–Kier alpha value is -2.40. The summed E-state index contributed by atoms with van der Waals surface area (Å²) >= 11 is 0. The lowest BCUT2D eigenvalue weighted by atomic mass is 10.2. The molecule has 0 saturated carbocycles. The van der Waals surface area contributed by atoms with Gasteiger partial charge in [0.25, 0.3) is 0 Å². The molecule has 0 spiro atoms. The van der Waals surface area contributed by atoms with Crippen LogP contribution in [0.5, 0.6) is 5.75 Å². The maximum absolute atomic E-state index is 13.6. The van der Waals surface area contributed by atoms with Crippen molar-refractivity contribution in [2.45, 2.75) is 13.0 Å². The minimum Gasteiger partial charge on any atom is -0.495 e. The molecule has 0 atom stereocenters. The lowest BCUT2D eigenvalue weighted by Crippen LogP contribution is -2.24. The Morgan fingerprint density at radius 1 is 1.17 bits per heavy atom. The fourth-order valence-corrected chi connectivity index (χ4v) is 2.25. The van der Waals surface area contributed by atoms with Crippen LogP contribution in [0.4, 0.5) is 10.1 Å². The van der Waals surface area contributed by atoms with Crippen LogP contribution in [0, 0.1) is 5.82 Å². The highest BCUT2D eigenvalue weighted by Gasteiger charge is 2.09. The molecule has 0 aliphatic rings. The molecule has 0 radical (unpaired) electrons. The topological polar surface area (TPSA) is 41.6 Å². The molecule has 5 heteroatoms. The van der Waals surface area contributed by atoms with E-state index in [1.54, 1.807) is 37.4 Å². The molecule has 0 bridgehead atoms. The maximum Gasteiger partial charge on any atom is 0.225 e. The fraction of sp³-hybridized carbons (Fsp3) is 0.278. The third-order valence-corrected chi connectivity index (χ3v) is 3.50. The first kappa shape index (κ1) is 17.0. The number of carbonyl (C=O) groups excluding carboxylic acids is 1.